The molecule has 1 unspecified atom stereocenters. The zero-order chi connectivity index (χ0) is 14.9. The number of benzene rings is 1. The molecule has 1 aliphatic rings. The van der Waals surface area contributed by atoms with Gasteiger partial charge in [-0.2, -0.15) is 0 Å². The summed E-state index contributed by atoms with van der Waals surface area (Å²) >= 11 is 5.97. The monoisotopic (exact) mass is 295 g/mol. The van der Waals surface area contributed by atoms with Crippen LogP contribution in [0.25, 0.3) is 0 Å². The molecule has 0 aromatic heterocycles. The highest BCUT2D eigenvalue weighted by Crippen LogP contribution is 2.36. The second-order valence-corrected chi connectivity index (χ2v) is 5.71. The molecular formula is C15H18ClNO3. The summed E-state index contributed by atoms with van der Waals surface area (Å²) < 4.78 is 0. The van der Waals surface area contributed by atoms with Crippen LogP contribution in [0.3, 0.4) is 0 Å². The number of amides is 1. The van der Waals surface area contributed by atoms with Gasteiger partial charge in [-0.25, -0.2) is 4.79 Å². The Morgan fingerprint density at radius 3 is 2.55 bits per heavy atom. The van der Waals surface area contributed by atoms with Gasteiger partial charge in [-0.1, -0.05) is 24.6 Å². The van der Waals surface area contributed by atoms with Crippen LogP contribution >= 0.6 is 11.6 Å². The van der Waals surface area contributed by atoms with Gasteiger partial charge in [0, 0.05) is 31.3 Å². The van der Waals surface area contributed by atoms with Crippen LogP contribution in [0.1, 0.15) is 31.4 Å². The van der Waals surface area contributed by atoms with Gasteiger partial charge < -0.3 is 10.0 Å². The highest BCUT2D eigenvalue weighted by molar-refractivity contribution is 6.30. The average Bonchev–Trinajstić information content (AvgIpc) is 2.74. The zero-order valence-electron chi connectivity index (χ0n) is 11.6. The van der Waals surface area contributed by atoms with Gasteiger partial charge in [-0.3, -0.25) is 4.79 Å². The number of nitrogens with zero attached hydrogens (tertiary/aromatic N) is 1. The molecule has 1 amide bonds. The maximum atomic E-state index is 11.9. The summed E-state index contributed by atoms with van der Waals surface area (Å²) in [7, 11) is 0. The Balaban J connectivity index is 2.44. The molecule has 1 N–H and O–H groups in total. The smallest absolute Gasteiger partial charge is 0.330 e. The normalized spacial score (nSPS) is 20.6. The third-order valence-corrected chi connectivity index (χ3v) is 4.11. The summed E-state index contributed by atoms with van der Waals surface area (Å²) in [6, 6.07) is 5.41. The zero-order valence-corrected chi connectivity index (χ0v) is 12.4. The lowest BCUT2D eigenvalue weighted by Crippen LogP contribution is -2.57. The maximum absolute atomic E-state index is 11.9. The number of hydrogen-bond donors (Lipinski definition) is 1. The highest BCUT2D eigenvalue weighted by Gasteiger charge is 2.49. The Labute approximate surface area is 123 Å². The fourth-order valence-corrected chi connectivity index (χ4v) is 3.17. The van der Waals surface area contributed by atoms with Gasteiger partial charge in [0.15, 0.2) is 0 Å². The SMILES string of the molecule is CCCN(C(C)=O)C1(C(=O)O)Cc2ccc(Cl)cc2C1. The molecule has 1 aromatic carbocycles. The molecule has 0 heterocycles. The molecule has 0 saturated carbocycles. The van der Waals surface area contributed by atoms with E-state index in [1.165, 1.54) is 11.8 Å². The number of aliphatic carboxylic acids is 1. The molecule has 20 heavy (non-hydrogen) atoms. The molecule has 0 aliphatic heterocycles. The van der Waals surface area contributed by atoms with Gasteiger partial charge in [0.2, 0.25) is 5.91 Å². The summed E-state index contributed by atoms with van der Waals surface area (Å²) in [5.74, 6) is -1.15. The fourth-order valence-electron chi connectivity index (χ4n) is 2.98. The van der Waals surface area contributed by atoms with Crippen molar-refractivity contribution >= 4 is 23.5 Å². The third kappa shape index (κ3) is 2.40. The van der Waals surface area contributed by atoms with Crippen molar-refractivity contribution in [2.75, 3.05) is 6.54 Å². The predicted octanol–water partition coefficient (Wildman–Crippen LogP) is 2.52. The van der Waals surface area contributed by atoms with Gasteiger partial charge in [-0.05, 0) is 29.7 Å². The van der Waals surface area contributed by atoms with Crippen LogP contribution in [0.5, 0.6) is 0 Å². The van der Waals surface area contributed by atoms with Crippen LogP contribution in [0.2, 0.25) is 5.02 Å². The van der Waals surface area contributed by atoms with Crippen LogP contribution in [0.15, 0.2) is 18.2 Å². The summed E-state index contributed by atoms with van der Waals surface area (Å²) in [6.45, 7) is 3.81. The minimum atomic E-state index is -1.17. The molecule has 0 fully saturated rings. The molecule has 0 radical (unpaired) electrons. The van der Waals surface area contributed by atoms with Crippen molar-refractivity contribution in [3.05, 3.63) is 34.3 Å². The molecule has 4 nitrogen and oxygen atoms in total. The van der Waals surface area contributed by atoms with Gasteiger partial charge in [0.05, 0.1) is 0 Å². The van der Waals surface area contributed by atoms with Crippen molar-refractivity contribution in [2.24, 2.45) is 0 Å². The van der Waals surface area contributed by atoms with Crippen LogP contribution in [0.4, 0.5) is 0 Å². The van der Waals surface area contributed by atoms with Crippen LogP contribution in [0, 0.1) is 0 Å². The van der Waals surface area contributed by atoms with Gasteiger partial charge in [0.1, 0.15) is 5.54 Å². The molecule has 5 heteroatoms. The van der Waals surface area contributed by atoms with Crippen molar-refractivity contribution in [1.82, 2.24) is 4.90 Å². The van der Waals surface area contributed by atoms with Crippen molar-refractivity contribution in [1.29, 1.82) is 0 Å². The van der Waals surface area contributed by atoms with E-state index in [0.29, 0.717) is 24.4 Å². The lowest BCUT2D eigenvalue weighted by molar-refractivity contribution is -0.158. The van der Waals surface area contributed by atoms with E-state index in [9.17, 15) is 14.7 Å². The standard InChI is InChI=1S/C15H18ClNO3/c1-3-6-17(10(2)18)15(14(19)20)8-11-4-5-13(16)7-12(11)9-15/h4-5,7H,3,6,8-9H2,1-2H3,(H,19,20). The first kappa shape index (κ1) is 14.9. The molecule has 108 valence electrons. The van der Waals surface area contributed by atoms with E-state index >= 15 is 0 Å². The number of halogens is 1. The predicted molar refractivity (Wildman–Crippen MR) is 76.9 cm³/mol. The first-order valence-corrected chi connectivity index (χ1v) is 7.07. The van der Waals surface area contributed by atoms with E-state index in [1.54, 1.807) is 12.1 Å². The molecule has 1 aromatic rings. The first-order chi connectivity index (χ1) is 9.40. The Hall–Kier alpha value is -1.55. The Kier molecular flexibility index (Phi) is 4.04. The Morgan fingerprint density at radius 1 is 1.35 bits per heavy atom. The quantitative estimate of drug-likeness (QED) is 0.928. The Morgan fingerprint density at radius 2 is 2.00 bits per heavy atom. The number of hydrogen-bond acceptors (Lipinski definition) is 2. The van der Waals surface area contributed by atoms with Gasteiger partial charge in [0.25, 0.3) is 0 Å². The summed E-state index contributed by atoms with van der Waals surface area (Å²) in [4.78, 5) is 25.2. The molecule has 1 aliphatic carbocycles. The van der Waals surface area contributed by atoms with E-state index in [2.05, 4.69) is 0 Å². The third-order valence-electron chi connectivity index (χ3n) is 3.88. The fraction of sp³-hybridized carbons (Fsp3) is 0.467. The summed E-state index contributed by atoms with van der Waals surface area (Å²) in [6.07, 6.45) is 1.39. The van der Waals surface area contributed by atoms with Crippen molar-refractivity contribution in [3.63, 3.8) is 0 Å². The molecule has 2 rings (SSSR count). The second-order valence-electron chi connectivity index (χ2n) is 5.27. The van der Waals surface area contributed by atoms with Crippen LogP contribution < -0.4 is 0 Å². The van der Waals surface area contributed by atoms with E-state index in [4.69, 9.17) is 11.6 Å². The minimum absolute atomic E-state index is 0.201. The molecular weight excluding hydrogens is 278 g/mol. The van der Waals surface area contributed by atoms with E-state index in [0.717, 1.165) is 17.5 Å². The van der Waals surface area contributed by atoms with Crippen molar-refractivity contribution in [3.8, 4) is 0 Å². The summed E-state index contributed by atoms with van der Waals surface area (Å²) in [5, 5.41) is 10.3. The van der Waals surface area contributed by atoms with E-state index in [1.807, 2.05) is 13.0 Å². The van der Waals surface area contributed by atoms with Gasteiger partial charge in [-0.15, -0.1) is 0 Å². The number of carbonyl (C=O) groups excluding carboxylic acids is 1. The van der Waals surface area contributed by atoms with E-state index < -0.39 is 11.5 Å². The highest BCUT2D eigenvalue weighted by atomic mass is 35.5. The first-order valence-electron chi connectivity index (χ1n) is 6.69. The molecule has 0 spiro atoms. The second kappa shape index (κ2) is 5.44. The molecule has 0 bridgehead atoms. The number of fused-ring (bicyclic) bond motifs is 1. The van der Waals surface area contributed by atoms with E-state index in [-0.39, 0.29) is 5.91 Å². The number of carboxylic acid groups (broad SMARTS) is 1. The van der Waals surface area contributed by atoms with Crippen LogP contribution in [-0.2, 0) is 22.4 Å². The maximum Gasteiger partial charge on any atom is 0.330 e. The van der Waals surface area contributed by atoms with Gasteiger partial charge >= 0.3 is 5.97 Å². The van der Waals surface area contributed by atoms with Crippen LogP contribution in [-0.4, -0.2) is 34.0 Å². The minimum Gasteiger partial charge on any atom is -0.479 e. The average molecular weight is 296 g/mol. The summed E-state index contributed by atoms with van der Waals surface area (Å²) in [5.41, 5.74) is 0.705. The number of carbonyl (C=O) groups is 2. The Bertz CT molecular complexity index is 558. The largest absolute Gasteiger partial charge is 0.479 e. The van der Waals surface area contributed by atoms with Crippen molar-refractivity contribution in [2.45, 2.75) is 38.6 Å². The molecule has 0 saturated heterocycles. The number of rotatable bonds is 4. The number of carboxylic acids is 1. The van der Waals surface area contributed by atoms with Crippen molar-refractivity contribution < 1.29 is 14.7 Å². The lowest BCUT2D eigenvalue weighted by atomic mass is 9.92. The topological polar surface area (TPSA) is 57.6 Å². The molecule has 1 atom stereocenters. The lowest BCUT2D eigenvalue weighted by Gasteiger charge is -2.37.